The number of ether oxygens (including phenoxy) is 5. The van der Waals surface area contributed by atoms with Crippen LogP contribution in [0.25, 0.3) is 0 Å². The van der Waals surface area contributed by atoms with E-state index in [0.29, 0.717) is 17.2 Å². The highest BCUT2D eigenvalue weighted by atomic mass is 16.7. The fourth-order valence-corrected chi connectivity index (χ4v) is 1.90. The van der Waals surface area contributed by atoms with Gasteiger partial charge in [0.25, 0.3) is 0 Å². The average Bonchev–Trinajstić information content (AvgIpc) is 2.46. The third-order valence-corrected chi connectivity index (χ3v) is 2.92. The van der Waals surface area contributed by atoms with Crippen molar-refractivity contribution in [2.75, 3.05) is 35.5 Å². The number of hydrogen-bond acceptors (Lipinski definition) is 5. The summed E-state index contributed by atoms with van der Waals surface area (Å²) in [5, 5.41) is 0. The van der Waals surface area contributed by atoms with Crippen molar-refractivity contribution in [3.63, 3.8) is 0 Å². The van der Waals surface area contributed by atoms with Gasteiger partial charge in [-0.1, -0.05) is 0 Å². The highest BCUT2D eigenvalue weighted by molar-refractivity contribution is 5.53. The van der Waals surface area contributed by atoms with E-state index >= 15 is 0 Å². The standard InChI is InChI=1S/C14H22O5/c1-15-11-8-10(6-7-13(17-3)18-4)9-12(16-2)14(11)19-5/h8-9,13H,6-7H2,1-5H3. The Morgan fingerprint density at radius 1 is 0.842 bits per heavy atom. The van der Waals surface area contributed by atoms with Gasteiger partial charge in [-0.2, -0.15) is 0 Å². The van der Waals surface area contributed by atoms with Crippen LogP contribution in [0.2, 0.25) is 0 Å². The summed E-state index contributed by atoms with van der Waals surface area (Å²) in [4.78, 5) is 0. The van der Waals surface area contributed by atoms with E-state index in [9.17, 15) is 0 Å². The topological polar surface area (TPSA) is 46.2 Å². The van der Waals surface area contributed by atoms with Crippen LogP contribution in [0.15, 0.2) is 12.1 Å². The number of aryl methyl sites for hydroxylation is 1. The molecule has 0 unspecified atom stereocenters. The maximum Gasteiger partial charge on any atom is 0.203 e. The first-order chi connectivity index (χ1) is 9.19. The van der Waals surface area contributed by atoms with Crippen molar-refractivity contribution in [3.8, 4) is 17.2 Å². The summed E-state index contributed by atoms with van der Waals surface area (Å²) in [6.45, 7) is 0. The third-order valence-electron chi connectivity index (χ3n) is 2.92. The zero-order valence-corrected chi connectivity index (χ0v) is 12.2. The maximum absolute atomic E-state index is 5.31. The molecule has 1 rings (SSSR count). The van der Waals surface area contributed by atoms with Crippen LogP contribution in [-0.2, 0) is 15.9 Å². The molecule has 0 N–H and O–H groups in total. The summed E-state index contributed by atoms with van der Waals surface area (Å²) in [5.41, 5.74) is 1.08. The van der Waals surface area contributed by atoms with Crippen LogP contribution in [0.5, 0.6) is 17.2 Å². The summed E-state index contributed by atoms with van der Waals surface area (Å²) in [6, 6.07) is 3.87. The quantitative estimate of drug-likeness (QED) is 0.678. The van der Waals surface area contributed by atoms with Gasteiger partial charge in [0, 0.05) is 20.6 Å². The van der Waals surface area contributed by atoms with Gasteiger partial charge in [0.1, 0.15) is 0 Å². The molecular formula is C14H22O5. The Hall–Kier alpha value is -1.46. The van der Waals surface area contributed by atoms with Crippen LogP contribution < -0.4 is 14.2 Å². The summed E-state index contributed by atoms with van der Waals surface area (Å²) in [5.74, 6) is 1.91. The maximum atomic E-state index is 5.31. The van der Waals surface area contributed by atoms with Gasteiger partial charge in [-0.05, 0) is 24.1 Å². The fraction of sp³-hybridized carbons (Fsp3) is 0.571. The highest BCUT2D eigenvalue weighted by Crippen LogP contribution is 2.38. The van der Waals surface area contributed by atoms with Crippen LogP contribution in [0, 0.1) is 0 Å². The molecule has 0 aromatic heterocycles. The lowest BCUT2D eigenvalue weighted by Gasteiger charge is -2.16. The second-order valence-electron chi connectivity index (χ2n) is 3.97. The van der Waals surface area contributed by atoms with Gasteiger partial charge in [0.15, 0.2) is 17.8 Å². The average molecular weight is 270 g/mol. The van der Waals surface area contributed by atoms with Crippen molar-refractivity contribution >= 4 is 0 Å². The zero-order chi connectivity index (χ0) is 14.3. The van der Waals surface area contributed by atoms with Crippen molar-refractivity contribution in [2.45, 2.75) is 19.1 Å². The molecule has 0 radical (unpaired) electrons. The first-order valence-electron chi connectivity index (χ1n) is 6.04. The van der Waals surface area contributed by atoms with Crippen molar-refractivity contribution in [1.29, 1.82) is 0 Å². The molecule has 1 aromatic carbocycles. The van der Waals surface area contributed by atoms with E-state index in [-0.39, 0.29) is 6.29 Å². The van der Waals surface area contributed by atoms with Crippen molar-refractivity contribution in [2.24, 2.45) is 0 Å². The first kappa shape index (κ1) is 15.6. The van der Waals surface area contributed by atoms with E-state index in [2.05, 4.69) is 0 Å². The third kappa shape index (κ3) is 4.01. The lowest BCUT2D eigenvalue weighted by molar-refractivity contribution is -0.105. The van der Waals surface area contributed by atoms with E-state index in [1.807, 2.05) is 12.1 Å². The van der Waals surface area contributed by atoms with Gasteiger partial charge in [-0.3, -0.25) is 0 Å². The van der Waals surface area contributed by atoms with E-state index in [0.717, 1.165) is 18.4 Å². The lowest BCUT2D eigenvalue weighted by Crippen LogP contribution is -2.13. The van der Waals surface area contributed by atoms with E-state index in [4.69, 9.17) is 23.7 Å². The van der Waals surface area contributed by atoms with Crippen LogP contribution >= 0.6 is 0 Å². The van der Waals surface area contributed by atoms with Crippen LogP contribution in [-0.4, -0.2) is 41.8 Å². The molecule has 5 heteroatoms. The molecule has 0 aliphatic heterocycles. The molecule has 1 aromatic rings. The largest absolute Gasteiger partial charge is 0.493 e. The number of methoxy groups -OCH3 is 5. The second-order valence-corrected chi connectivity index (χ2v) is 3.97. The molecule has 0 spiro atoms. The second kappa shape index (κ2) is 7.86. The Balaban J connectivity index is 2.90. The molecule has 5 nitrogen and oxygen atoms in total. The van der Waals surface area contributed by atoms with Gasteiger partial charge < -0.3 is 23.7 Å². The molecule has 0 amide bonds. The summed E-state index contributed by atoms with van der Waals surface area (Å²) in [6.07, 6.45) is 1.34. The van der Waals surface area contributed by atoms with Gasteiger partial charge >= 0.3 is 0 Å². The van der Waals surface area contributed by atoms with Crippen molar-refractivity contribution in [1.82, 2.24) is 0 Å². The molecule has 0 atom stereocenters. The number of benzene rings is 1. The SMILES string of the molecule is COc1cc(CCC(OC)OC)cc(OC)c1OC. The van der Waals surface area contributed by atoms with Crippen molar-refractivity contribution < 1.29 is 23.7 Å². The van der Waals surface area contributed by atoms with Crippen LogP contribution in [0.4, 0.5) is 0 Å². The Morgan fingerprint density at radius 2 is 1.37 bits per heavy atom. The van der Waals surface area contributed by atoms with Crippen LogP contribution in [0.3, 0.4) is 0 Å². The van der Waals surface area contributed by atoms with E-state index in [1.54, 1.807) is 35.5 Å². The molecule has 0 saturated heterocycles. The van der Waals surface area contributed by atoms with Gasteiger partial charge in [-0.25, -0.2) is 0 Å². The zero-order valence-electron chi connectivity index (χ0n) is 12.2. The molecule has 0 aliphatic rings. The smallest absolute Gasteiger partial charge is 0.203 e. The van der Waals surface area contributed by atoms with E-state index in [1.165, 1.54) is 0 Å². The van der Waals surface area contributed by atoms with Crippen molar-refractivity contribution in [3.05, 3.63) is 17.7 Å². The van der Waals surface area contributed by atoms with Crippen LogP contribution in [0.1, 0.15) is 12.0 Å². The molecular weight excluding hydrogens is 248 g/mol. The predicted octanol–water partition coefficient (Wildman–Crippen LogP) is 2.26. The summed E-state index contributed by atoms with van der Waals surface area (Å²) in [7, 11) is 8.06. The van der Waals surface area contributed by atoms with Gasteiger partial charge in [0.05, 0.1) is 21.3 Å². The summed E-state index contributed by atoms with van der Waals surface area (Å²) < 4.78 is 26.2. The fourth-order valence-electron chi connectivity index (χ4n) is 1.90. The number of hydrogen-bond donors (Lipinski definition) is 0. The summed E-state index contributed by atoms with van der Waals surface area (Å²) >= 11 is 0. The molecule has 19 heavy (non-hydrogen) atoms. The Bertz CT molecular complexity index is 362. The Kier molecular flexibility index (Phi) is 6.45. The Morgan fingerprint density at radius 3 is 1.74 bits per heavy atom. The molecule has 0 aliphatic carbocycles. The monoisotopic (exact) mass is 270 g/mol. The molecule has 0 fully saturated rings. The minimum atomic E-state index is -0.209. The first-order valence-corrected chi connectivity index (χ1v) is 6.04. The lowest BCUT2D eigenvalue weighted by atomic mass is 10.1. The highest BCUT2D eigenvalue weighted by Gasteiger charge is 2.14. The Labute approximate surface area is 114 Å². The van der Waals surface area contributed by atoms with Gasteiger partial charge in [0.2, 0.25) is 5.75 Å². The van der Waals surface area contributed by atoms with Gasteiger partial charge in [-0.15, -0.1) is 0 Å². The number of rotatable bonds is 8. The minimum absolute atomic E-state index is 0.209. The molecule has 108 valence electrons. The molecule has 0 heterocycles. The normalized spacial score (nSPS) is 10.6. The minimum Gasteiger partial charge on any atom is -0.493 e. The molecule has 0 bridgehead atoms. The predicted molar refractivity (Wildman–Crippen MR) is 72.2 cm³/mol. The molecule has 0 saturated carbocycles. The van der Waals surface area contributed by atoms with E-state index < -0.39 is 0 Å².